The Morgan fingerprint density at radius 3 is 2.64 bits per heavy atom. The summed E-state index contributed by atoms with van der Waals surface area (Å²) >= 11 is 0. The molecule has 0 spiro atoms. The van der Waals surface area contributed by atoms with Crippen LogP contribution in [-0.4, -0.2) is 4.57 Å². The molecule has 0 amide bonds. The Labute approximate surface area is 87.6 Å². The Morgan fingerprint density at radius 1 is 1.07 bits per heavy atom. The van der Waals surface area contributed by atoms with Gasteiger partial charge in [0.1, 0.15) is 12.4 Å². The molecule has 0 atom stereocenters. The normalized spacial score (nSPS) is 10.7. The minimum Gasteiger partial charge on any atom is -0.237 e. The summed E-state index contributed by atoms with van der Waals surface area (Å²) in [6.45, 7) is 6.79. The fraction of sp³-hybridized carbons (Fsp3) is 0.750. The summed E-state index contributed by atoms with van der Waals surface area (Å²) in [4.78, 5) is 0. The number of hydrogen-bond donors (Lipinski definition) is 0. The number of nitrogens with zero attached hydrogens (tertiary/aromatic N) is 2. The molecule has 0 radical (unpaired) electrons. The number of unbranched alkanes of at least 4 members (excludes halogenated alkanes) is 3. The maximum atomic E-state index is 2.30. The third-order valence-corrected chi connectivity index (χ3v) is 2.50. The summed E-state index contributed by atoms with van der Waals surface area (Å²) < 4.78 is 4.56. The van der Waals surface area contributed by atoms with E-state index >= 15 is 0 Å². The summed E-state index contributed by atoms with van der Waals surface area (Å²) in [6, 6.07) is 0. The van der Waals surface area contributed by atoms with Gasteiger partial charge in [0.2, 0.25) is 6.33 Å². The molecule has 0 bridgehead atoms. The number of hydrogen-bond acceptors (Lipinski definition) is 0. The lowest BCUT2D eigenvalue weighted by atomic mass is 10.2. The summed E-state index contributed by atoms with van der Waals surface area (Å²) in [5.41, 5.74) is 0. The Bertz CT molecular complexity index is 240. The molecule has 0 fully saturated rings. The summed E-state index contributed by atoms with van der Waals surface area (Å²) in [6.07, 6.45) is 13.2. The number of rotatable bonds is 7. The van der Waals surface area contributed by atoms with Crippen molar-refractivity contribution in [3.8, 4) is 0 Å². The molecule has 0 N–H and O–H groups in total. The molecule has 1 heterocycles. The average Bonchev–Trinajstić information content (AvgIpc) is 2.61. The van der Waals surface area contributed by atoms with Gasteiger partial charge in [-0.25, -0.2) is 9.13 Å². The van der Waals surface area contributed by atoms with Crippen LogP contribution in [0.2, 0.25) is 0 Å². The van der Waals surface area contributed by atoms with Crippen LogP contribution in [0.5, 0.6) is 0 Å². The topological polar surface area (TPSA) is 8.81 Å². The fourth-order valence-corrected chi connectivity index (χ4v) is 1.68. The molecule has 1 aromatic heterocycles. The molecule has 1 rings (SSSR count). The maximum absolute atomic E-state index is 2.30. The van der Waals surface area contributed by atoms with Gasteiger partial charge in [-0.15, -0.1) is 0 Å². The SMILES string of the molecule is CCCCCCn1cc[n+](CCC)c1. The largest absolute Gasteiger partial charge is 0.243 e. The van der Waals surface area contributed by atoms with Crippen molar-refractivity contribution in [2.24, 2.45) is 0 Å². The van der Waals surface area contributed by atoms with Crippen molar-refractivity contribution in [2.45, 2.75) is 59.0 Å². The van der Waals surface area contributed by atoms with Gasteiger partial charge < -0.3 is 0 Å². The van der Waals surface area contributed by atoms with Gasteiger partial charge in [0, 0.05) is 0 Å². The molecule has 2 nitrogen and oxygen atoms in total. The first-order chi connectivity index (χ1) is 6.86. The molecule has 0 saturated heterocycles. The van der Waals surface area contributed by atoms with E-state index in [2.05, 4.69) is 41.7 Å². The minimum absolute atomic E-state index is 1.14. The van der Waals surface area contributed by atoms with E-state index in [4.69, 9.17) is 0 Å². The second-order valence-corrected chi connectivity index (χ2v) is 3.95. The highest BCUT2D eigenvalue weighted by molar-refractivity contribution is 4.65. The van der Waals surface area contributed by atoms with Crippen LogP contribution in [-0.2, 0) is 13.1 Å². The zero-order valence-electron chi connectivity index (χ0n) is 9.58. The van der Waals surface area contributed by atoms with E-state index in [1.807, 2.05) is 0 Å². The molecular weight excluding hydrogens is 172 g/mol. The third-order valence-electron chi connectivity index (χ3n) is 2.50. The molecule has 0 aliphatic heterocycles. The molecule has 2 heteroatoms. The Kier molecular flexibility index (Phi) is 5.35. The van der Waals surface area contributed by atoms with Crippen LogP contribution in [0.1, 0.15) is 46.0 Å². The zero-order chi connectivity index (χ0) is 10.2. The van der Waals surface area contributed by atoms with Crippen LogP contribution in [0, 0.1) is 0 Å². The van der Waals surface area contributed by atoms with Gasteiger partial charge in [-0.3, -0.25) is 0 Å². The van der Waals surface area contributed by atoms with E-state index in [9.17, 15) is 0 Å². The lowest BCUT2D eigenvalue weighted by molar-refractivity contribution is -0.696. The van der Waals surface area contributed by atoms with Crippen molar-refractivity contribution >= 4 is 0 Å². The average molecular weight is 195 g/mol. The van der Waals surface area contributed by atoms with Gasteiger partial charge in [-0.05, 0) is 19.3 Å². The molecule has 0 saturated carbocycles. The van der Waals surface area contributed by atoms with Gasteiger partial charge in [0.05, 0.1) is 13.1 Å². The highest BCUT2D eigenvalue weighted by Gasteiger charge is 2.01. The van der Waals surface area contributed by atoms with Crippen molar-refractivity contribution < 1.29 is 4.57 Å². The van der Waals surface area contributed by atoms with Crippen LogP contribution in [0.15, 0.2) is 18.7 Å². The highest BCUT2D eigenvalue weighted by atomic mass is 15.1. The molecule has 0 aromatic carbocycles. The van der Waals surface area contributed by atoms with Gasteiger partial charge in [0.15, 0.2) is 0 Å². The standard InChI is InChI=1S/C12H23N2/c1-3-5-6-7-9-14-11-10-13(12-14)8-4-2/h10-12H,3-9H2,1-2H3/q+1. The molecule has 80 valence electrons. The van der Waals surface area contributed by atoms with Crippen LogP contribution in [0.3, 0.4) is 0 Å². The van der Waals surface area contributed by atoms with E-state index in [-0.39, 0.29) is 0 Å². The second-order valence-electron chi connectivity index (χ2n) is 3.95. The van der Waals surface area contributed by atoms with Gasteiger partial charge in [-0.1, -0.05) is 26.7 Å². The van der Waals surface area contributed by atoms with E-state index < -0.39 is 0 Å². The third kappa shape index (κ3) is 3.95. The van der Waals surface area contributed by atoms with E-state index in [0.29, 0.717) is 0 Å². The van der Waals surface area contributed by atoms with Crippen molar-refractivity contribution in [3.05, 3.63) is 18.7 Å². The monoisotopic (exact) mass is 195 g/mol. The highest BCUT2D eigenvalue weighted by Crippen LogP contribution is 2.00. The van der Waals surface area contributed by atoms with Crippen LogP contribution in [0.4, 0.5) is 0 Å². The van der Waals surface area contributed by atoms with Crippen LogP contribution in [0.25, 0.3) is 0 Å². The van der Waals surface area contributed by atoms with Crippen molar-refractivity contribution in [2.75, 3.05) is 0 Å². The summed E-state index contributed by atoms with van der Waals surface area (Å²) in [5, 5.41) is 0. The smallest absolute Gasteiger partial charge is 0.237 e. The lowest BCUT2D eigenvalue weighted by Gasteiger charge is -1.96. The fourth-order valence-electron chi connectivity index (χ4n) is 1.68. The zero-order valence-corrected chi connectivity index (χ0v) is 9.58. The van der Waals surface area contributed by atoms with E-state index in [1.165, 1.54) is 38.6 Å². The van der Waals surface area contributed by atoms with Crippen molar-refractivity contribution in [3.63, 3.8) is 0 Å². The summed E-state index contributed by atoms with van der Waals surface area (Å²) in [7, 11) is 0. The Hall–Kier alpha value is -0.790. The first-order valence-electron chi connectivity index (χ1n) is 5.91. The maximum Gasteiger partial charge on any atom is 0.243 e. The quantitative estimate of drug-likeness (QED) is 0.467. The first-order valence-corrected chi connectivity index (χ1v) is 5.91. The number of imidazole rings is 1. The lowest BCUT2D eigenvalue weighted by Crippen LogP contribution is -2.30. The number of aryl methyl sites for hydroxylation is 2. The first kappa shape index (κ1) is 11.3. The molecular formula is C12H23N2+. The van der Waals surface area contributed by atoms with Gasteiger partial charge in [0.25, 0.3) is 0 Å². The van der Waals surface area contributed by atoms with Gasteiger partial charge >= 0.3 is 0 Å². The molecule has 14 heavy (non-hydrogen) atoms. The second kappa shape index (κ2) is 6.63. The van der Waals surface area contributed by atoms with Crippen LogP contribution < -0.4 is 4.57 Å². The Balaban J connectivity index is 2.22. The summed E-state index contributed by atoms with van der Waals surface area (Å²) in [5.74, 6) is 0. The van der Waals surface area contributed by atoms with Crippen LogP contribution >= 0.6 is 0 Å². The molecule has 0 unspecified atom stereocenters. The molecule has 1 aromatic rings. The van der Waals surface area contributed by atoms with Crippen molar-refractivity contribution in [1.29, 1.82) is 0 Å². The number of aromatic nitrogens is 2. The molecule has 0 aliphatic carbocycles. The predicted molar refractivity (Wildman–Crippen MR) is 59.1 cm³/mol. The predicted octanol–water partition coefficient (Wildman–Crippen LogP) is 2.77. The van der Waals surface area contributed by atoms with Crippen molar-refractivity contribution in [1.82, 2.24) is 4.57 Å². The van der Waals surface area contributed by atoms with Gasteiger partial charge in [-0.2, -0.15) is 0 Å². The minimum atomic E-state index is 1.14. The van der Waals surface area contributed by atoms with E-state index in [1.54, 1.807) is 0 Å². The van der Waals surface area contributed by atoms with E-state index in [0.717, 1.165) is 6.54 Å². The Morgan fingerprint density at radius 2 is 1.93 bits per heavy atom. The molecule has 0 aliphatic rings.